The highest BCUT2D eigenvalue weighted by Gasteiger charge is 2.11. The van der Waals surface area contributed by atoms with E-state index in [0.717, 1.165) is 5.39 Å². The van der Waals surface area contributed by atoms with Crippen molar-refractivity contribution >= 4 is 28.5 Å². The Bertz CT molecular complexity index is 536. The van der Waals surface area contributed by atoms with Crippen LogP contribution in [0.2, 0.25) is 0 Å². The monoisotopic (exact) mass is 232 g/mol. The van der Waals surface area contributed by atoms with Crippen molar-refractivity contribution in [2.45, 2.75) is 13.3 Å². The van der Waals surface area contributed by atoms with E-state index in [2.05, 4.69) is 5.32 Å². The average Bonchev–Trinajstić information content (AvgIpc) is 2.69. The minimum Gasteiger partial charge on any atom is -0.464 e. The van der Waals surface area contributed by atoms with Crippen LogP contribution < -0.4 is 11.1 Å². The maximum absolute atomic E-state index is 11.0. The molecule has 0 atom stereocenters. The fourth-order valence-corrected chi connectivity index (χ4v) is 1.74. The summed E-state index contributed by atoms with van der Waals surface area (Å²) in [7, 11) is 0. The number of anilines is 1. The average molecular weight is 232 g/mol. The van der Waals surface area contributed by atoms with Gasteiger partial charge < -0.3 is 15.5 Å². The minimum absolute atomic E-state index is 0.115. The van der Waals surface area contributed by atoms with Crippen LogP contribution in [0.5, 0.6) is 0 Å². The first-order valence-electron chi connectivity index (χ1n) is 5.13. The first kappa shape index (κ1) is 11.2. The molecular weight excluding hydrogens is 220 g/mol. The molecule has 2 rings (SSSR count). The van der Waals surface area contributed by atoms with E-state index in [-0.39, 0.29) is 12.3 Å². The van der Waals surface area contributed by atoms with Crippen molar-refractivity contribution in [3.8, 4) is 0 Å². The molecule has 0 unspecified atom stereocenters. The van der Waals surface area contributed by atoms with Crippen molar-refractivity contribution in [3.63, 3.8) is 0 Å². The maximum Gasteiger partial charge on any atom is 0.221 e. The van der Waals surface area contributed by atoms with Crippen molar-refractivity contribution in [3.05, 3.63) is 30.0 Å². The molecule has 0 fully saturated rings. The maximum atomic E-state index is 11.0. The molecule has 0 saturated carbocycles. The number of amides is 2. The molecular formula is C12H12N2O3. The second kappa shape index (κ2) is 4.29. The molecule has 0 aliphatic heterocycles. The van der Waals surface area contributed by atoms with Crippen molar-refractivity contribution in [2.24, 2.45) is 5.73 Å². The number of benzene rings is 1. The van der Waals surface area contributed by atoms with Crippen LogP contribution in [0.1, 0.15) is 12.5 Å². The molecule has 88 valence electrons. The Labute approximate surface area is 97.6 Å². The topological polar surface area (TPSA) is 85.3 Å². The van der Waals surface area contributed by atoms with E-state index < -0.39 is 5.91 Å². The smallest absolute Gasteiger partial charge is 0.221 e. The fourth-order valence-electron chi connectivity index (χ4n) is 1.74. The number of hydrogen-bond acceptors (Lipinski definition) is 3. The quantitative estimate of drug-likeness (QED) is 0.839. The molecule has 2 aromatic rings. The summed E-state index contributed by atoms with van der Waals surface area (Å²) < 4.78 is 5.31. The van der Waals surface area contributed by atoms with Crippen LogP contribution >= 0.6 is 0 Å². The van der Waals surface area contributed by atoms with Gasteiger partial charge in [0.2, 0.25) is 11.8 Å². The molecule has 17 heavy (non-hydrogen) atoms. The molecule has 5 heteroatoms. The van der Waals surface area contributed by atoms with Crippen molar-refractivity contribution in [1.82, 2.24) is 0 Å². The predicted molar refractivity (Wildman–Crippen MR) is 63.4 cm³/mol. The third kappa shape index (κ3) is 2.28. The molecule has 1 aromatic carbocycles. The molecule has 3 N–H and O–H groups in total. The number of carbonyl (C=O) groups excluding carboxylic acids is 2. The molecule has 1 heterocycles. The standard InChI is InChI=1S/C12H12N2O3/c1-7(15)14-10-3-2-8(6-11(13)16)12-9(10)4-5-17-12/h2-5H,6H2,1H3,(H2,13,16)(H,14,15). The highest BCUT2D eigenvalue weighted by atomic mass is 16.3. The van der Waals surface area contributed by atoms with E-state index in [0.29, 0.717) is 16.8 Å². The van der Waals surface area contributed by atoms with E-state index in [1.165, 1.54) is 13.2 Å². The van der Waals surface area contributed by atoms with Gasteiger partial charge >= 0.3 is 0 Å². The van der Waals surface area contributed by atoms with Crippen LogP contribution in [-0.2, 0) is 16.0 Å². The van der Waals surface area contributed by atoms with Crippen LogP contribution in [0, 0.1) is 0 Å². The lowest BCUT2D eigenvalue weighted by molar-refractivity contribution is -0.117. The molecule has 2 amide bonds. The summed E-state index contributed by atoms with van der Waals surface area (Å²) >= 11 is 0. The van der Waals surface area contributed by atoms with Crippen molar-refractivity contribution in [1.29, 1.82) is 0 Å². The first-order valence-corrected chi connectivity index (χ1v) is 5.13. The number of hydrogen-bond donors (Lipinski definition) is 2. The third-order valence-corrected chi connectivity index (χ3v) is 2.37. The van der Waals surface area contributed by atoms with E-state index in [1.54, 1.807) is 18.2 Å². The number of nitrogens with one attached hydrogen (secondary N) is 1. The van der Waals surface area contributed by atoms with E-state index in [1.807, 2.05) is 0 Å². The van der Waals surface area contributed by atoms with Gasteiger partial charge in [-0.05, 0) is 12.1 Å². The largest absolute Gasteiger partial charge is 0.464 e. The zero-order chi connectivity index (χ0) is 12.4. The Balaban J connectivity index is 2.50. The fraction of sp³-hybridized carbons (Fsp3) is 0.167. The lowest BCUT2D eigenvalue weighted by Crippen LogP contribution is -2.14. The summed E-state index contributed by atoms with van der Waals surface area (Å²) in [5, 5.41) is 3.46. The number of fused-ring (bicyclic) bond motifs is 1. The van der Waals surface area contributed by atoms with Gasteiger partial charge in [0, 0.05) is 17.9 Å². The Kier molecular flexibility index (Phi) is 2.82. The van der Waals surface area contributed by atoms with Gasteiger partial charge in [-0.15, -0.1) is 0 Å². The van der Waals surface area contributed by atoms with Crippen molar-refractivity contribution < 1.29 is 14.0 Å². The third-order valence-electron chi connectivity index (χ3n) is 2.37. The van der Waals surface area contributed by atoms with E-state index in [9.17, 15) is 9.59 Å². The zero-order valence-corrected chi connectivity index (χ0v) is 9.32. The number of nitrogens with two attached hydrogens (primary N) is 1. The SMILES string of the molecule is CC(=O)Nc1ccc(CC(N)=O)c2occc12. The summed E-state index contributed by atoms with van der Waals surface area (Å²) in [6, 6.07) is 5.20. The minimum atomic E-state index is -0.421. The number of rotatable bonds is 3. The van der Waals surface area contributed by atoms with Gasteiger partial charge in [0.05, 0.1) is 18.4 Å². The summed E-state index contributed by atoms with van der Waals surface area (Å²) in [5.74, 6) is -0.579. The zero-order valence-electron chi connectivity index (χ0n) is 9.32. The second-order valence-corrected chi connectivity index (χ2v) is 3.76. The van der Waals surface area contributed by atoms with Crippen molar-refractivity contribution in [2.75, 3.05) is 5.32 Å². The van der Waals surface area contributed by atoms with Gasteiger partial charge in [-0.2, -0.15) is 0 Å². The van der Waals surface area contributed by atoms with Crippen LogP contribution in [0.25, 0.3) is 11.0 Å². The molecule has 0 aliphatic rings. The highest BCUT2D eigenvalue weighted by Crippen LogP contribution is 2.28. The summed E-state index contributed by atoms with van der Waals surface area (Å²) in [6.45, 7) is 1.43. The summed E-state index contributed by atoms with van der Waals surface area (Å²) in [4.78, 5) is 21.9. The van der Waals surface area contributed by atoms with Gasteiger partial charge in [-0.25, -0.2) is 0 Å². The first-order chi connectivity index (χ1) is 8.08. The second-order valence-electron chi connectivity index (χ2n) is 3.76. The van der Waals surface area contributed by atoms with Crippen LogP contribution in [0.4, 0.5) is 5.69 Å². The van der Waals surface area contributed by atoms with Crippen LogP contribution in [0.15, 0.2) is 28.9 Å². The lowest BCUT2D eigenvalue weighted by atomic mass is 10.1. The molecule has 0 bridgehead atoms. The molecule has 0 radical (unpaired) electrons. The number of primary amides is 1. The lowest BCUT2D eigenvalue weighted by Gasteiger charge is -2.06. The summed E-state index contributed by atoms with van der Waals surface area (Å²) in [5.41, 5.74) is 7.11. The van der Waals surface area contributed by atoms with Crippen LogP contribution in [0.3, 0.4) is 0 Å². The van der Waals surface area contributed by atoms with E-state index >= 15 is 0 Å². The van der Waals surface area contributed by atoms with Gasteiger partial charge in [0.1, 0.15) is 5.58 Å². The Morgan fingerprint density at radius 2 is 2.12 bits per heavy atom. The van der Waals surface area contributed by atoms with Gasteiger partial charge in [0.15, 0.2) is 0 Å². The van der Waals surface area contributed by atoms with Crippen LogP contribution in [-0.4, -0.2) is 11.8 Å². The normalized spacial score (nSPS) is 10.4. The number of furan rings is 1. The molecule has 0 spiro atoms. The molecule has 5 nitrogen and oxygen atoms in total. The molecule has 0 saturated heterocycles. The van der Waals surface area contributed by atoms with Gasteiger partial charge in [-0.1, -0.05) is 6.07 Å². The van der Waals surface area contributed by atoms with Gasteiger partial charge in [-0.3, -0.25) is 9.59 Å². The Morgan fingerprint density at radius 3 is 2.76 bits per heavy atom. The van der Waals surface area contributed by atoms with E-state index in [4.69, 9.17) is 10.2 Å². The van der Waals surface area contributed by atoms with Gasteiger partial charge in [0.25, 0.3) is 0 Å². The Morgan fingerprint density at radius 1 is 1.35 bits per heavy atom. The molecule has 0 aliphatic carbocycles. The predicted octanol–water partition coefficient (Wildman–Crippen LogP) is 1.42. The highest BCUT2D eigenvalue weighted by molar-refractivity contribution is 6.01. The molecule has 1 aromatic heterocycles. The number of carbonyl (C=O) groups is 2. The summed E-state index contributed by atoms with van der Waals surface area (Å²) in [6.07, 6.45) is 1.63. The Hall–Kier alpha value is -2.30.